The van der Waals surface area contributed by atoms with Crippen molar-refractivity contribution in [1.82, 2.24) is 19.5 Å². The second-order valence-electron chi connectivity index (χ2n) is 15.5. The molecule has 0 radical (unpaired) electrons. The first kappa shape index (κ1) is 40.8. The highest BCUT2D eigenvalue weighted by molar-refractivity contribution is 5.95. The second-order valence-corrected chi connectivity index (χ2v) is 15.5. The Labute approximate surface area is 343 Å². The number of hydrogen-bond acceptors (Lipinski definition) is 11. The number of nitrogens with zero attached hydrogens (tertiary/aromatic N) is 4. The fraction of sp³-hybridized carbons (Fsp3) is 0.319. The molecule has 12 heteroatoms. The molecule has 7 rings (SSSR count). The molecule has 0 bridgehead atoms. The van der Waals surface area contributed by atoms with Crippen LogP contribution in [0.2, 0.25) is 0 Å². The number of rotatable bonds is 10. The Kier molecular flexibility index (Phi) is 11.4. The van der Waals surface area contributed by atoms with Gasteiger partial charge in [0, 0.05) is 5.56 Å². The van der Waals surface area contributed by atoms with E-state index in [1.54, 1.807) is 11.7 Å². The average molecular weight is 797 g/mol. The van der Waals surface area contributed by atoms with Gasteiger partial charge in [0.1, 0.15) is 36.0 Å². The van der Waals surface area contributed by atoms with Crippen molar-refractivity contribution < 1.29 is 38.1 Å². The molecule has 12 nitrogen and oxygen atoms in total. The van der Waals surface area contributed by atoms with E-state index in [0.717, 1.165) is 55.6 Å². The average Bonchev–Trinajstić information content (AvgIpc) is 3.73. The smallest absolute Gasteiger partial charge is 0.339 e. The normalized spacial score (nSPS) is 17.5. The van der Waals surface area contributed by atoms with Gasteiger partial charge in [-0.05, 0) is 120 Å². The number of benzene rings is 4. The summed E-state index contributed by atoms with van der Waals surface area (Å²) in [5.74, 6) is -1.15. The Morgan fingerprint density at radius 2 is 1.10 bits per heavy atom. The number of ether oxygens (including phenoxy) is 5. The molecular formula is C47H48N4O8. The lowest BCUT2D eigenvalue weighted by atomic mass is 9.99. The Morgan fingerprint density at radius 1 is 0.627 bits per heavy atom. The fourth-order valence-electron chi connectivity index (χ4n) is 8.43. The van der Waals surface area contributed by atoms with Crippen LogP contribution >= 0.6 is 0 Å². The number of esters is 3. The molecular weight excluding hydrogens is 749 g/mol. The van der Waals surface area contributed by atoms with E-state index in [-0.39, 0.29) is 6.61 Å². The van der Waals surface area contributed by atoms with Gasteiger partial charge >= 0.3 is 17.9 Å². The van der Waals surface area contributed by atoms with Crippen molar-refractivity contribution in [2.24, 2.45) is 0 Å². The summed E-state index contributed by atoms with van der Waals surface area (Å²) in [6, 6.07) is 18.8. The summed E-state index contributed by atoms with van der Waals surface area (Å²) in [5, 5.41) is 0. The van der Waals surface area contributed by atoms with Crippen LogP contribution in [0.3, 0.4) is 0 Å². The van der Waals surface area contributed by atoms with Crippen molar-refractivity contribution in [1.29, 1.82) is 0 Å². The third kappa shape index (κ3) is 8.05. The van der Waals surface area contributed by atoms with Crippen LogP contribution in [0, 0.1) is 62.3 Å². The summed E-state index contributed by atoms with van der Waals surface area (Å²) in [4.78, 5) is 56.3. The third-order valence-electron chi connectivity index (χ3n) is 10.8. The molecule has 0 aliphatic carbocycles. The van der Waals surface area contributed by atoms with Crippen molar-refractivity contribution in [3.8, 4) is 17.0 Å². The van der Waals surface area contributed by atoms with E-state index in [9.17, 15) is 14.4 Å². The van der Waals surface area contributed by atoms with Crippen LogP contribution in [0.5, 0.6) is 5.75 Å². The number of methoxy groups -OCH3 is 1. The number of carbonyl (C=O) groups is 3. The number of aromatic nitrogens is 4. The first-order valence-corrected chi connectivity index (χ1v) is 19.4. The second kappa shape index (κ2) is 16.5. The molecule has 2 aromatic heterocycles. The molecule has 0 saturated carbocycles. The highest BCUT2D eigenvalue weighted by Crippen LogP contribution is 2.39. The molecule has 0 spiro atoms. The number of hydrogen-bond donors (Lipinski definition) is 0. The maximum absolute atomic E-state index is 14.4. The largest absolute Gasteiger partial charge is 0.497 e. The molecule has 4 atom stereocenters. The van der Waals surface area contributed by atoms with Crippen LogP contribution in [-0.4, -0.2) is 69.5 Å². The van der Waals surface area contributed by atoms with Gasteiger partial charge in [-0.25, -0.2) is 29.3 Å². The lowest BCUT2D eigenvalue weighted by Gasteiger charge is -2.26. The highest BCUT2D eigenvalue weighted by atomic mass is 16.7. The van der Waals surface area contributed by atoms with Crippen LogP contribution in [0.1, 0.15) is 87.4 Å². The SMILES string of the molecule is COc1ccc(-c2ncnc3c2ncn3[C@@H]2O[C@H](COC(=O)c3c(C)cc(C)cc3C)C(OC(=O)c3c(C)cc(C)cc3C)C2OC(=O)c2c(C)cc(C)cc2C)cc1. The molecule has 1 aliphatic rings. The molecule has 1 saturated heterocycles. The minimum atomic E-state index is -1.26. The zero-order valence-electron chi connectivity index (χ0n) is 35.0. The summed E-state index contributed by atoms with van der Waals surface area (Å²) in [6.45, 7) is 16.6. The van der Waals surface area contributed by atoms with Crippen molar-refractivity contribution >= 4 is 29.1 Å². The Hall–Kier alpha value is -6.40. The van der Waals surface area contributed by atoms with E-state index in [1.807, 2.05) is 123 Å². The maximum atomic E-state index is 14.4. The predicted molar refractivity (Wildman–Crippen MR) is 222 cm³/mol. The van der Waals surface area contributed by atoms with Crippen molar-refractivity contribution in [2.75, 3.05) is 13.7 Å². The van der Waals surface area contributed by atoms with E-state index >= 15 is 0 Å². The third-order valence-corrected chi connectivity index (χ3v) is 10.8. The van der Waals surface area contributed by atoms with Crippen LogP contribution in [-0.2, 0) is 18.9 Å². The molecule has 1 fully saturated rings. The topological polar surface area (TPSA) is 141 Å². The van der Waals surface area contributed by atoms with Gasteiger partial charge in [0.25, 0.3) is 0 Å². The van der Waals surface area contributed by atoms with E-state index in [2.05, 4.69) is 9.97 Å². The molecule has 0 amide bonds. The summed E-state index contributed by atoms with van der Waals surface area (Å²) in [7, 11) is 1.60. The van der Waals surface area contributed by atoms with E-state index in [0.29, 0.717) is 39.3 Å². The van der Waals surface area contributed by atoms with Gasteiger partial charge in [-0.3, -0.25) is 4.57 Å². The van der Waals surface area contributed by atoms with Gasteiger partial charge in [0.2, 0.25) is 0 Å². The van der Waals surface area contributed by atoms with Crippen LogP contribution in [0.4, 0.5) is 0 Å². The summed E-state index contributed by atoms with van der Waals surface area (Å²) >= 11 is 0. The van der Waals surface area contributed by atoms with E-state index < -0.39 is 42.4 Å². The maximum Gasteiger partial charge on any atom is 0.339 e. The minimum absolute atomic E-state index is 0.332. The number of aryl methyl sites for hydroxylation is 9. The molecule has 2 unspecified atom stereocenters. The van der Waals surface area contributed by atoms with Crippen molar-refractivity contribution in [3.63, 3.8) is 0 Å². The molecule has 0 N–H and O–H groups in total. The molecule has 4 aromatic carbocycles. The monoisotopic (exact) mass is 796 g/mol. The van der Waals surface area contributed by atoms with Gasteiger partial charge in [-0.2, -0.15) is 0 Å². The van der Waals surface area contributed by atoms with E-state index in [4.69, 9.17) is 28.7 Å². The number of fused-ring (bicyclic) bond motifs is 1. The molecule has 304 valence electrons. The Morgan fingerprint density at radius 3 is 1.59 bits per heavy atom. The first-order valence-electron chi connectivity index (χ1n) is 19.4. The highest BCUT2D eigenvalue weighted by Gasteiger charge is 2.52. The van der Waals surface area contributed by atoms with Crippen LogP contribution in [0.25, 0.3) is 22.4 Å². The van der Waals surface area contributed by atoms with Gasteiger partial charge in [-0.15, -0.1) is 0 Å². The Balaban J connectivity index is 1.34. The summed E-state index contributed by atoms with van der Waals surface area (Å²) in [6.07, 6.45) is -1.81. The summed E-state index contributed by atoms with van der Waals surface area (Å²) < 4.78 is 32.5. The standard InChI is InChI=1S/C47H48N4O8/c1-24-15-27(4)36(28(5)16-24)45(52)56-21-35-41(58-46(53)37-29(6)17-25(2)18-30(37)7)42(59-47(54)38-31(8)19-26(3)20-32(38)9)44(57-35)51-23-50-40-39(48-22-49-43(40)51)33-11-13-34(55-10)14-12-33/h11-20,22-23,35,41-42,44H,21H2,1-10H3/t35-,41?,42?,44-/m1/s1. The van der Waals surface area contributed by atoms with Crippen LogP contribution < -0.4 is 4.74 Å². The summed E-state index contributed by atoms with van der Waals surface area (Å²) in [5.41, 5.74) is 10.8. The molecule has 1 aliphatic heterocycles. The van der Waals surface area contributed by atoms with Gasteiger partial charge in [0.05, 0.1) is 30.1 Å². The predicted octanol–water partition coefficient (Wildman–Crippen LogP) is 8.48. The molecule has 6 aromatic rings. The lowest BCUT2D eigenvalue weighted by Crippen LogP contribution is -2.41. The van der Waals surface area contributed by atoms with Crippen molar-refractivity contribution in [2.45, 2.75) is 86.9 Å². The quantitative estimate of drug-likeness (QED) is 0.0974. The van der Waals surface area contributed by atoms with Gasteiger partial charge < -0.3 is 23.7 Å². The first-order chi connectivity index (χ1) is 28.1. The van der Waals surface area contributed by atoms with Gasteiger partial charge in [0.15, 0.2) is 24.1 Å². The minimum Gasteiger partial charge on any atom is -0.497 e. The zero-order chi connectivity index (χ0) is 42.3. The Bertz CT molecular complexity index is 2540. The number of carbonyl (C=O) groups excluding carboxylic acids is 3. The van der Waals surface area contributed by atoms with Gasteiger partial charge in [-0.1, -0.05) is 53.1 Å². The molecule has 3 heterocycles. The molecule has 59 heavy (non-hydrogen) atoms. The van der Waals surface area contributed by atoms with E-state index in [1.165, 1.54) is 12.7 Å². The fourth-order valence-corrected chi connectivity index (χ4v) is 8.43. The number of imidazole rings is 1. The lowest BCUT2D eigenvalue weighted by molar-refractivity contribution is -0.0606. The van der Waals surface area contributed by atoms with Crippen molar-refractivity contribution in [3.05, 3.63) is 140 Å². The zero-order valence-corrected chi connectivity index (χ0v) is 35.0. The van der Waals surface area contributed by atoms with Crippen LogP contribution in [0.15, 0.2) is 73.3 Å².